The van der Waals surface area contributed by atoms with Crippen LogP contribution in [0.25, 0.3) is 0 Å². The lowest BCUT2D eigenvalue weighted by molar-refractivity contribution is -0.137. The Bertz CT molecular complexity index is 713. The van der Waals surface area contributed by atoms with Crippen molar-refractivity contribution in [2.75, 3.05) is 11.9 Å². The first-order valence-corrected chi connectivity index (χ1v) is 7.20. The van der Waals surface area contributed by atoms with Crippen LogP contribution in [0.15, 0.2) is 36.5 Å². The van der Waals surface area contributed by atoms with Crippen LogP contribution >= 0.6 is 12.2 Å². The van der Waals surface area contributed by atoms with E-state index < -0.39 is 29.2 Å². The maximum Gasteiger partial charge on any atom is 0.419 e. The van der Waals surface area contributed by atoms with E-state index in [0.717, 1.165) is 24.3 Å². The second-order valence-corrected chi connectivity index (χ2v) is 5.14. The molecular weight excluding hydrogens is 349 g/mol. The molecule has 9 heteroatoms. The normalized spacial score (nSPS) is 11.2. The maximum absolute atomic E-state index is 13.5. The first-order valence-electron chi connectivity index (χ1n) is 6.79. The first-order chi connectivity index (χ1) is 11.3. The summed E-state index contributed by atoms with van der Waals surface area (Å²) in [6.07, 6.45) is -3.41. The summed E-state index contributed by atoms with van der Waals surface area (Å²) < 4.78 is 65.4. The number of halogens is 5. The fourth-order valence-corrected chi connectivity index (χ4v) is 2.16. The summed E-state index contributed by atoms with van der Waals surface area (Å²) in [6.45, 7) is 0.0396. The Hall–Kier alpha value is -2.29. The van der Waals surface area contributed by atoms with E-state index in [1.54, 1.807) is 0 Å². The van der Waals surface area contributed by atoms with Crippen LogP contribution < -0.4 is 10.6 Å². The number of pyridine rings is 1. The lowest BCUT2D eigenvalue weighted by Gasteiger charge is -2.14. The van der Waals surface area contributed by atoms with E-state index in [1.165, 1.54) is 12.3 Å². The second kappa shape index (κ2) is 7.52. The first kappa shape index (κ1) is 18.1. The number of aromatic nitrogens is 1. The van der Waals surface area contributed by atoms with Crippen molar-refractivity contribution < 1.29 is 22.0 Å². The Labute approximate surface area is 139 Å². The fraction of sp³-hybridized carbons (Fsp3) is 0.200. The Kier molecular flexibility index (Phi) is 5.66. The van der Waals surface area contributed by atoms with Crippen LogP contribution in [-0.4, -0.2) is 16.6 Å². The summed E-state index contributed by atoms with van der Waals surface area (Å²) in [6, 6.07) is 5.52. The third-order valence-electron chi connectivity index (χ3n) is 3.07. The Morgan fingerprint density at radius 2 is 1.75 bits per heavy atom. The predicted molar refractivity (Wildman–Crippen MR) is 83.5 cm³/mol. The summed E-state index contributed by atoms with van der Waals surface area (Å²) in [5, 5.41) is 4.80. The van der Waals surface area contributed by atoms with Crippen molar-refractivity contribution in [2.45, 2.75) is 12.6 Å². The summed E-state index contributed by atoms with van der Waals surface area (Å²) in [4.78, 5) is 3.60. The van der Waals surface area contributed by atoms with Gasteiger partial charge in [-0.3, -0.25) is 0 Å². The smallest absolute Gasteiger partial charge is 0.362 e. The molecule has 0 bridgehead atoms. The molecule has 128 valence electrons. The third kappa shape index (κ3) is 4.60. The molecule has 0 atom stereocenters. The number of benzene rings is 1. The van der Waals surface area contributed by atoms with Crippen LogP contribution in [0.2, 0.25) is 0 Å². The van der Waals surface area contributed by atoms with Gasteiger partial charge >= 0.3 is 6.18 Å². The van der Waals surface area contributed by atoms with Crippen molar-refractivity contribution in [2.24, 2.45) is 0 Å². The molecule has 0 aliphatic rings. The molecule has 1 aromatic heterocycles. The average Bonchev–Trinajstić information content (AvgIpc) is 2.49. The summed E-state index contributed by atoms with van der Waals surface area (Å²) >= 11 is 4.88. The Morgan fingerprint density at radius 3 is 2.38 bits per heavy atom. The minimum atomic E-state index is -4.58. The molecule has 0 saturated heterocycles. The van der Waals surface area contributed by atoms with Crippen LogP contribution in [0.4, 0.5) is 27.8 Å². The molecule has 2 aromatic rings. The molecule has 0 amide bonds. The van der Waals surface area contributed by atoms with Crippen LogP contribution in [0, 0.1) is 11.6 Å². The zero-order valence-corrected chi connectivity index (χ0v) is 12.9. The van der Waals surface area contributed by atoms with Gasteiger partial charge in [0.1, 0.15) is 17.5 Å². The molecule has 0 aliphatic heterocycles. The van der Waals surface area contributed by atoms with Crippen LogP contribution in [0.3, 0.4) is 0 Å². The van der Waals surface area contributed by atoms with Gasteiger partial charge in [-0.2, -0.15) is 13.2 Å². The highest BCUT2D eigenvalue weighted by molar-refractivity contribution is 7.80. The molecule has 2 N–H and O–H groups in total. The molecule has 0 aliphatic carbocycles. The second-order valence-electron chi connectivity index (χ2n) is 4.73. The quantitative estimate of drug-likeness (QED) is 0.640. The maximum atomic E-state index is 13.5. The molecule has 0 unspecified atom stereocenters. The number of nitrogens with zero attached hydrogens (tertiary/aromatic N) is 1. The monoisotopic (exact) mass is 361 g/mol. The van der Waals surface area contributed by atoms with E-state index in [0.29, 0.717) is 0 Å². The molecule has 0 saturated carbocycles. The number of anilines is 1. The predicted octanol–water partition coefficient (Wildman–Crippen LogP) is 3.91. The van der Waals surface area contributed by atoms with Gasteiger partial charge in [-0.1, -0.05) is 6.07 Å². The minimum Gasteiger partial charge on any atom is -0.362 e. The number of thiocarbonyl (C=S) groups is 1. The lowest BCUT2D eigenvalue weighted by Crippen LogP contribution is -2.31. The number of hydrogen-bond acceptors (Lipinski definition) is 2. The Balaban J connectivity index is 1.95. The largest absolute Gasteiger partial charge is 0.419 e. The Morgan fingerprint density at radius 1 is 1.08 bits per heavy atom. The van der Waals surface area contributed by atoms with Gasteiger partial charge in [0.2, 0.25) is 0 Å². The molecule has 24 heavy (non-hydrogen) atoms. The fourth-order valence-electron chi connectivity index (χ4n) is 1.96. The van der Waals surface area contributed by atoms with E-state index in [1.807, 2.05) is 0 Å². The van der Waals surface area contributed by atoms with Crippen molar-refractivity contribution in [1.82, 2.24) is 10.3 Å². The average molecular weight is 361 g/mol. The van der Waals surface area contributed by atoms with Gasteiger partial charge in [0.25, 0.3) is 0 Å². The highest BCUT2D eigenvalue weighted by Gasteiger charge is 2.34. The SMILES string of the molecule is Fc1cccc(F)c1CCNC(=S)Nc1ncccc1C(F)(F)F. The molecule has 0 radical (unpaired) electrons. The number of alkyl halides is 3. The summed E-state index contributed by atoms with van der Waals surface area (Å²) in [5.74, 6) is -1.83. The van der Waals surface area contributed by atoms with Crippen LogP contribution in [0.5, 0.6) is 0 Å². The number of rotatable bonds is 4. The van der Waals surface area contributed by atoms with Gasteiger partial charge in [0.15, 0.2) is 5.11 Å². The third-order valence-corrected chi connectivity index (χ3v) is 3.31. The van der Waals surface area contributed by atoms with Crippen LogP contribution in [0.1, 0.15) is 11.1 Å². The molecule has 3 nitrogen and oxygen atoms in total. The van der Waals surface area contributed by atoms with Crippen molar-refractivity contribution >= 4 is 23.1 Å². The van der Waals surface area contributed by atoms with Crippen molar-refractivity contribution in [3.05, 3.63) is 59.3 Å². The molecular formula is C15H12F5N3S. The van der Waals surface area contributed by atoms with Crippen LogP contribution in [-0.2, 0) is 12.6 Å². The van der Waals surface area contributed by atoms with Crippen molar-refractivity contribution in [1.29, 1.82) is 0 Å². The van der Waals surface area contributed by atoms with E-state index in [9.17, 15) is 22.0 Å². The van der Waals surface area contributed by atoms with E-state index in [4.69, 9.17) is 12.2 Å². The summed E-state index contributed by atoms with van der Waals surface area (Å²) in [7, 11) is 0. The molecule has 1 heterocycles. The molecule has 2 rings (SSSR count). The van der Waals surface area contributed by atoms with Gasteiger partial charge in [-0.25, -0.2) is 13.8 Å². The standard InChI is InChI=1S/C15H12F5N3S/c16-11-4-1-5-12(17)9(11)6-8-22-14(24)23-13-10(15(18,19)20)3-2-7-21-13/h1-5,7H,6,8H2,(H2,21,22,23,24). The van der Waals surface area contributed by atoms with E-state index in [2.05, 4.69) is 15.6 Å². The van der Waals surface area contributed by atoms with Gasteiger partial charge in [0, 0.05) is 18.3 Å². The van der Waals surface area contributed by atoms with Gasteiger partial charge in [-0.15, -0.1) is 0 Å². The van der Waals surface area contributed by atoms with Crippen molar-refractivity contribution in [3.63, 3.8) is 0 Å². The topological polar surface area (TPSA) is 37.0 Å². The zero-order chi connectivity index (χ0) is 17.7. The van der Waals surface area contributed by atoms with Gasteiger partial charge < -0.3 is 10.6 Å². The zero-order valence-electron chi connectivity index (χ0n) is 12.1. The van der Waals surface area contributed by atoms with E-state index >= 15 is 0 Å². The van der Waals surface area contributed by atoms with Crippen molar-refractivity contribution in [3.8, 4) is 0 Å². The number of hydrogen-bond donors (Lipinski definition) is 2. The van der Waals surface area contributed by atoms with Gasteiger partial charge in [0.05, 0.1) is 5.56 Å². The van der Waals surface area contributed by atoms with E-state index in [-0.39, 0.29) is 23.6 Å². The lowest BCUT2D eigenvalue weighted by atomic mass is 10.1. The molecule has 0 spiro atoms. The highest BCUT2D eigenvalue weighted by Crippen LogP contribution is 2.33. The highest BCUT2D eigenvalue weighted by atomic mass is 32.1. The van der Waals surface area contributed by atoms with Gasteiger partial charge in [-0.05, 0) is 42.9 Å². The molecule has 0 fully saturated rings. The minimum absolute atomic E-state index is 0.0192. The number of nitrogens with one attached hydrogen (secondary N) is 2. The molecule has 1 aromatic carbocycles. The summed E-state index contributed by atoms with van der Waals surface area (Å²) in [5.41, 5.74) is -1.09.